The second-order valence-electron chi connectivity index (χ2n) is 6.41. The van der Waals surface area contributed by atoms with Crippen molar-refractivity contribution in [3.63, 3.8) is 0 Å². The van der Waals surface area contributed by atoms with E-state index in [4.69, 9.17) is 10.5 Å². The molecule has 3 N–H and O–H groups in total. The van der Waals surface area contributed by atoms with Gasteiger partial charge in [0.2, 0.25) is 0 Å². The van der Waals surface area contributed by atoms with Crippen molar-refractivity contribution in [2.75, 3.05) is 23.8 Å². The SMILES string of the molecule is CN(Cc1ccccc1)c1ccccc1NC(=O)[C@@H]1CC[C@H](CN)O1. The molecule has 1 aliphatic heterocycles. The van der Waals surface area contributed by atoms with Crippen LogP contribution in [-0.2, 0) is 16.1 Å². The maximum atomic E-state index is 12.5. The number of benzene rings is 2. The molecule has 0 aromatic heterocycles. The first-order chi connectivity index (χ1) is 12.2. The zero-order valence-corrected chi connectivity index (χ0v) is 14.5. The number of carbonyl (C=O) groups is 1. The van der Waals surface area contributed by atoms with Gasteiger partial charge in [0.15, 0.2) is 0 Å². The van der Waals surface area contributed by atoms with Crippen molar-refractivity contribution in [3.05, 3.63) is 60.2 Å². The van der Waals surface area contributed by atoms with Crippen LogP contribution in [0, 0.1) is 0 Å². The Morgan fingerprint density at radius 3 is 2.60 bits per heavy atom. The number of ether oxygens (including phenoxy) is 1. The normalized spacial score (nSPS) is 19.6. The molecular formula is C20H25N3O2. The van der Waals surface area contributed by atoms with Gasteiger partial charge in [-0.05, 0) is 30.5 Å². The third-order valence-electron chi connectivity index (χ3n) is 4.50. The zero-order chi connectivity index (χ0) is 17.6. The summed E-state index contributed by atoms with van der Waals surface area (Å²) in [6.07, 6.45) is 1.13. The topological polar surface area (TPSA) is 67.6 Å². The average molecular weight is 339 g/mol. The first kappa shape index (κ1) is 17.5. The van der Waals surface area contributed by atoms with Crippen LogP contribution in [0.1, 0.15) is 18.4 Å². The lowest BCUT2D eigenvalue weighted by atomic mass is 10.1. The average Bonchev–Trinajstić information content (AvgIpc) is 3.12. The number of nitrogens with one attached hydrogen (secondary N) is 1. The fourth-order valence-electron chi connectivity index (χ4n) is 3.14. The Kier molecular flexibility index (Phi) is 5.68. The highest BCUT2D eigenvalue weighted by Gasteiger charge is 2.30. The molecule has 2 atom stereocenters. The Morgan fingerprint density at radius 1 is 1.16 bits per heavy atom. The highest BCUT2D eigenvalue weighted by Crippen LogP contribution is 2.27. The number of rotatable bonds is 6. The molecule has 1 heterocycles. The Balaban J connectivity index is 1.69. The summed E-state index contributed by atoms with van der Waals surface area (Å²) in [5.74, 6) is -0.100. The van der Waals surface area contributed by atoms with Crippen LogP contribution in [0.3, 0.4) is 0 Å². The molecule has 25 heavy (non-hydrogen) atoms. The number of nitrogens with two attached hydrogens (primary N) is 1. The molecule has 0 radical (unpaired) electrons. The van der Waals surface area contributed by atoms with Crippen molar-refractivity contribution < 1.29 is 9.53 Å². The monoisotopic (exact) mass is 339 g/mol. The Hall–Kier alpha value is -2.37. The maximum absolute atomic E-state index is 12.5. The zero-order valence-electron chi connectivity index (χ0n) is 14.5. The number of para-hydroxylation sites is 2. The molecule has 0 spiro atoms. The number of hydrogen-bond donors (Lipinski definition) is 2. The van der Waals surface area contributed by atoms with Gasteiger partial charge in [-0.15, -0.1) is 0 Å². The van der Waals surface area contributed by atoms with Gasteiger partial charge >= 0.3 is 0 Å². The smallest absolute Gasteiger partial charge is 0.253 e. The molecule has 5 heteroatoms. The van der Waals surface area contributed by atoms with Crippen molar-refractivity contribution in [2.45, 2.75) is 31.6 Å². The van der Waals surface area contributed by atoms with Crippen LogP contribution in [0.5, 0.6) is 0 Å². The molecule has 3 rings (SSSR count). The molecule has 1 fully saturated rings. The summed E-state index contributed by atoms with van der Waals surface area (Å²) in [5.41, 5.74) is 8.62. The van der Waals surface area contributed by atoms with Gasteiger partial charge in [-0.25, -0.2) is 0 Å². The highest BCUT2D eigenvalue weighted by atomic mass is 16.5. The predicted molar refractivity (Wildman–Crippen MR) is 101 cm³/mol. The van der Waals surface area contributed by atoms with Crippen molar-refractivity contribution >= 4 is 17.3 Å². The quantitative estimate of drug-likeness (QED) is 0.849. The molecule has 1 aliphatic rings. The third-order valence-corrected chi connectivity index (χ3v) is 4.50. The molecule has 0 bridgehead atoms. The van der Waals surface area contributed by atoms with Crippen LogP contribution >= 0.6 is 0 Å². The molecular weight excluding hydrogens is 314 g/mol. The Morgan fingerprint density at radius 2 is 1.88 bits per heavy atom. The molecule has 1 amide bonds. The Bertz CT molecular complexity index is 705. The molecule has 0 aliphatic carbocycles. The second kappa shape index (κ2) is 8.14. The van der Waals surface area contributed by atoms with E-state index in [-0.39, 0.29) is 12.0 Å². The van der Waals surface area contributed by atoms with Crippen molar-refractivity contribution in [2.24, 2.45) is 5.73 Å². The summed E-state index contributed by atoms with van der Waals surface area (Å²) >= 11 is 0. The molecule has 132 valence electrons. The largest absolute Gasteiger partial charge is 0.369 e. The highest BCUT2D eigenvalue weighted by molar-refractivity contribution is 5.97. The summed E-state index contributed by atoms with van der Waals surface area (Å²) in [7, 11) is 2.02. The van der Waals surface area contributed by atoms with E-state index < -0.39 is 6.10 Å². The summed E-state index contributed by atoms with van der Waals surface area (Å²) < 4.78 is 5.69. The van der Waals surface area contributed by atoms with Gasteiger partial charge in [0.25, 0.3) is 5.91 Å². The molecule has 1 saturated heterocycles. The van der Waals surface area contributed by atoms with Crippen molar-refractivity contribution in [1.82, 2.24) is 0 Å². The fraction of sp³-hybridized carbons (Fsp3) is 0.350. The van der Waals surface area contributed by atoms with E-state index in [0.29, 0.717) is 6.54 Å². The van der Waals surface area contributed by atoms with Gasteiger partial charge in [0.1, 0.15) is 6.10 Å². The minimum atomic E-state index is -0.416. The molecule has 2 aromatic carbocycles. The van der Waals surface area contributed by atoms with E-state index in [9.17, 15) is 4.79 Å². The predicted octanol–water partition coefficient (Wildman–Crippen LogP) is 2.77. The number of nitrogens with zero attached hydrogens (tertiary/aromatic N) is 1. The van der Waals surface area contributed by atoms with E-state index in [1.54, 1.807) is 0 Å². The van der Waals surface area contributed by atoms with Crippen LogP contribution in [-0.4, -0.2) is 31.7 Å². The van der Waals surface area contributed by atoms with Crippen LogP contribution in [0.4, 0.5) is 11.4 Å². The lowest BCUT2D eigenvalue weighted by Crippen LogP contribution is -2.30. The second-order valence-corrected chi connectivity index (χ2v) is 6.41. The van der Waals surface area contributed by atoms with Crippen molar-refractivity contribution in [1.29, 1.82) is 0 Å². The summed E-state index contributed by atoms with van der Waals surface area (Å²) in [6, 6.07) is 18.1. The molecule has 2 aromatic rings. The lowest BCUT2D eigenvalue weighted by molar-refractivity contribution is -0.126. The molecule has 0 saturated carbocycles. The van der Waals surface area contributed by atoms with E-state index in [1.165, 1.54) is 5.56 Å². The van der Waals surface area contributed by atoms with Gasteiger partial charge in [0.05, 0.1) is 17.5 Å². The number of anilines is 2. The minimum absolute atomic E-state index is 0.00764. The van der Waals surface area contributed by atoms with E-state index in [1.807, 2.05) is 49.5 Å². The van der Waals surface area contributed by atoms with Crippen LogP contribution in [0.2, 0.25) is 0 Å². The van der Waals surface area contributed by atoms with Crippen molar-refractivity contribution in [3.8, 4) is 0 Å². The van der Waals surface area contributed by atoms with E-state index in [2.05, 4.69) is 22.3 Å². The van der Waals surface area contributed by atoms with Crippen LogP contribution < -0.4 is 16.0 Å². The lowest BCUT2D eigenvalue weighted by Gasteiger charge is -2.23. The number of carbonyl (C=O) groups excluding carboxylic acids is 1. The summed E-state index contributed by atoms with van der Waals surface area (Å²) in [5, 5.41) is 3.02. The summed E-state index contributed by atoms with van der Waals surface area (Å²) in [4.78, 5) is 14.6. The van der Waals surface area contributed by atoms with Gasteiger partial charge in [-0.2, -0.15) is 0 Å². The van der Waals surface area contributed by atoms with Gasteiger partial charge in [-0.3, -0.25) is 4.79 Å². The van der Waals surface area contributed by atoms with Gasteiger partial charge in [0, 0.05) is 20.1 Å². The first-order valence-electron chi connectivity index (χ1n) is 8.68. The number of hydrogen-bond acceptors (Lipinski definition) is 4. The molecule has 0 unspecified atom stereocenters. The number of amides is 1. The fourth-order valence-corrected chi connectivity index (χ4v) is 3.14. The first-order valence-corrected chi connectivity index (χ1v) is 8.68. The van der Waals surface area contributed by atoms with Crippen LogP contribution in [0.15, 0.2) is 54.6 Å². The van der Waals surface area contributed by atoms with E-state index in [0.717, 1.165) is 30.8 Å². The third kappa shape index (κ3) is 4.38. The van der Waals surface area contributed by atoms with Crippen LogP contribution in [0.25, 0.3) is 0 Å². The van der Waals surface area contributed by atoms with Gasteiger partial charge < -0.3 is 20.7 Å². The summed E-state index contributed by atoms with van der Waals surface area (Å²) in [6.45, 7) is 1.23. The van der Waals surface area contributed by atoms with E-state index >= 15 is 0 Å². The standard InChI is InChI=1S/C20H25N3O2/c1-23(14-15-7-3-2-4-8-15)18-10-6-5-9-17(18)22-20(24)19-12-11-16(13-21)25-19/h2-10,16,19H,11-14,21H2,1H3,(H,22,24)/t16-,19+/m1/s1. The maximum Gasteiger partial charge on any atom is 0.253 e. The Labute approximate surface area is 148 Å². The minimum Gasteiger partial charge on any atom is -0.369 e. The van der Waals surface area contributed by atoms with Gasteiger partial charge in [-0.1, -0.05) is 42.5 Å². The molecule has 5 nitrogen and oxygen atoms in total.